The lowest BCUT2D eigenvalue weighted by Gasteiger charge is -2.28. The summed E-state index contributed by atoms with van der Waals surface area (Å²) in [6, 6.07) is -6.32. The largest absolute Gasteiger partial charge is 0.481 e. The zero-order valence-corrected chi connectivity index (χ0v) is 25.1. The molecule has 43 heavy (non-hydrogen) atoms. The number of aliphatic carboxylic acids is 2. The molecule has 242 valence electrons. The van der Waals surface area contributed by atoms with Crippen molar-refractivity contribution in [3.8, 4) is 0 Å². The van der Waals surface area contributed by atoms with E-state index >= 15 is 0 Å². The number of ether oxygens (including phenoxy) is 1. The van der Waals surface area contributed by atoms with Crippen molar-refractivity contribution in [1.82, 2.24) is 26.2 Å². The lowest BCUT2D eigenvalue weighted by Crippen LogP contribution is -2.58. The lowest BCUT2D eigenvalue weighted by atomic mass is 10.0. The van der Waals surface area contributed by atoms with Crippen LogP contribution in [0.3, 0.4) is 0 Å². The van der Waals surface area contributed by atoms with Crippen molar-refractivity contribution in [2.45, 2.75) is 103 Å². The molecule has 0 spiro atoms. The molecule has 0 aliphatic carbocycles. The minimum Gasteiger partial charge on any atom is -0.481 e. The Morgan fingerprint density at radius 3 is 1.84 bits per heavy atom. The third-order valence-electron chi connectivity index (χ3n) is 6.79. The number of hydrogen-bond donors (Lipinski definition) is 6. The second-order valence-corrected chi connectivity index (χ2v) is 10.8. The fraction of sp³-hybridized carbons (Fsp3) is 0.704. The highest BCUT2D eigenvalue weighted by Gasteiger charge is 2.35. The molecule has 6 N–H and O–H groups in total. The summed E-state index contributed by atoms with van der Waals surface area (Å²) in [6.45, 7) is 6.62. The third-order valence-corrected chi connectivity index (χ3v) is 6.79. The summed E-state index contributed by atoms with van der Waals surface area (Å²) >= 11 is 0. The normalized spacial score (nSPS) is 17.2. The maximum atomic E-state index is 13.3. The van der Waals surface area contributed by atoms with Gasteiger partial charge < -0.3 is 41.1 Å². The first-order chi connectivity index (χ1) is 20.1. The molecule has 16 nitrogen and oxygen atoms in total. The van der Waals surface area contributed by atoms with Gasteiger partial charge in [-0.1, -0.05) is 13.8 Å². The molecule has 0 radical (unpaired) electrons. The Morgan fingerprint density at radius 1 is 0.791 bits per heavy atom. The topological polar surface area (TPSA) is 238 Å². The van der Waals surface area contributed by atoms with Crippen LogP contribution in [0.5, 0.6) is 0 Å². The highest BCUT2D eigenvalue weighted by molar-refractivity contribution is 5.95. The summed E-state index contributed by atoms with van der Waals surface area (Å²) in [5, 5.41) is 27.8. The van der Waals surface area contributed by atoms with Crippen LogP contribution in [0.15, 0.2) is 0 Å². The Bertz CT molecular complexity index is 1060. The number of methoxy groups -OCH3 is 1. The molecule has 5 amide bonds. The van der Waals surface area contributed by atoms with E-state index in [1.807, 2.05) is 13.8 Å². The number of carboxylic acid groups (broad SMARTS) is 2. The van der Waals surface area contributed by atoms with Crippen molar-refractivity contribution >= 4 is 47.4 Å². The molecular weight excluding hydrogens is 570 g/mol. The van der Waals surface area contributed by atoms with Gasteiger partial charge in [-0.15, -0.1) is 0 Å². The number of nitrogens with zero attached hydrogens (tertiary/aromatic N) is 1. The molecule has 1 heterocycles. The number of amides is 5. The summed E-state index contributed by atoms with van der Waals surface area (Å²) in [4.78, 5) is 99.4. The zero-order chi connectivity index (χ0) is 32.9. The molecule has 1 fully saturated rings. The van der Waals surface area contributed by atoms with Crippen LogP contribution in [0.4, 0.5) is 4.79 Å². The van der Waals surface area contributed by atoms with Crippen molar-refractivity contribution in [2.24, 2.45) is 5.92 Å². The molecule has 0 unspecified atom stereocenters. The van der Waals surface area contributed by atoms with Crippen LogP contribution in [0.1, 0.15) is 72.6 Å². The Kier molecular flexibility index (Phi) is 15.1. The van der Waals surface area contributed by atoms with Gasteiger partial charge in [0.05, 0.1) is 13.2 Å². The molecule has 1 rings (SSSR count). The Labute approximate surface area is 249 Å². The van der Waals surface area contributed by atoms with Gasteiger partial charge in [-0.3, -0.25) is 28.8 Å². The highest BCUT2D eigenvalue weighted by Crippen LogP contribution is 2.18. The van der Waals surface area contributed by atoms with Crippen molar-refractivity contribution in [1.29, 1.82) is 0 Å². The van der Waals surface area contributed by atoms with Crippen LogP contribution in [-0.4, -0.2) is 106 Å². The molecular formula is C27H43N5O11. The first kappa shape index (κ1) is 36.8. The van der Waals surface area contributed by atoms with E-state index in [1.54, 1.807) is 0 Å². The number of likely N-dealkylation sites (tertiary alicyclic amines) is 1. The predicted molar refractivity (Wildman–Crippen MR) is 149 cm³/mol. The Hall–Kier alpha value is -4.24. The minimum absolute atomic E-state index is 0.0721. The van der Waals surface area contributed by atoms with Gasteiger partial charge in [0.25, 0.3) is 0 Å². The third kappa shape index (κ3) is 12.7. The van der Waals surface area contributed by atoms with Crippen LogP contribution in [0, 0.1) is 5.92 Å². The van der Waals surface area contributed by atoms with Crippen molar-refractivity contribution < 1.29 is 53.3 Å². The van der Waals surface area contributed by atoms with Crippen LogP contribution in [-0.2, 0) is 38.3 Å². The standard InChI is InChI=1S/C27H43N5O11/c1-14(2)13-19(31-27(42)32-12-6-7-20(32)16(4)33)25(40)29-17(8-10-21(34)35)24(39)28-15(3)23(38)30-18(26(41)43-5)9-11-22(36)37/h14-15,17-20H,6-13H2,1-5H3,(H,28,39)(H,29,40)(H,30,38)(H,31,42)(H,34,35)(H,36,37)/t15-,17-,18-,19-,20-/m0/s1. The molecule has 0 aromatic carbocycles. The van der Waals surface area contributed by atoms with Gasteiger partial charge in [0.2, 0.25) is 17.7 Å². The van der Waals surface area contributed by atoms with Gasteiger partial charge in [0, 0.05) is 19.4 Å². The van der Waals surface area contributed by atoms with E-state index < -0.39 is 84.7 Å². The van der Waals surface area contributed by atoms with Crippen LogP contribution >= 0.6 is 0 Å². The van der Waals surface area contributed by atoms with E-state index in [2.05, 4.69) is 26.0 Å². The van der Waals surface area contributed by atoms with E-state index in [-0.39, 0.29) is 31.0 Å². The lowest BCUT2D eigenvalue weighted by molar-refractivity contribution is -0.146. The predicted octanol–water partition coefficient (Wildman–Crippen LogP) is -0.459. The zero-order valence-electron chi connectivity index (χ0n) is 25.1. The molecule has 0 aromatic heterocycles. The number of esters is 1. The molecule has 1 aliphatic heterocycles. The quantitative estimate of drug-likeness (QED) is 0.115. The number of ketones is 1. The van der Waals surface area contributed by atoms with E-state index in [4.69, 9.17) is 10.2 Å². The average Bonchev–Trinajstić information content (AvgIpc) is 3.42. The second kappa shape index (κ2) is 17.7. The van der Waals surface area contributed by atoms with Gasteiger partial charge in [-0.2, -0.15) is 0 Å². The number of rotatable bonds is 17. The van der Waals surface area contributed by atoms with Gasteiger partial charge in [0.15, 0.2) is 5.78 Å². The molecule has 0 saturated carbocycles. The van der Waals surface area contributed by atoms with Gasteiger partial charge in [0.1, 0.15) is 24.2 Å². The fourth-order valence-electron chi connectivity index (χ4n) is 4.51. The number of nitrogens with one attached hydrogen (secondary N) is 4. The highest BCUT2D eigenvalue weighted by atomic mass is 16.5. The van der Waals surface area contributed by atoms with Crippen LogP contribution in [0.25, 0.3) is 0 Å². The minimum atomic E-state index is -1.41. The van der Waals surface area contributed by atoms with Crippen molar-refractivity contribution in [3.05, 3.63) is 0 Å². The summed E-state index contributed by atoms with van der Waals surface area (Å²) < 4.78 is 4.58. The van der Waals surface area contributed by atoms with Crippen molar-refractivity contribution in [2.75, 3.05) is 13.7 Å². The number of carbonyl (C=O) groups is 8. The van der Waals surface area contributed by atoms with Gasteiger partial charge in [-0.05, 0) is 51.9 Å². The monoisotopic (exact) mass is 613 g/mol. The van der Waals surface area contributed by atoms with Crippen LogP contribution < -0.4 is 21.3 Å². The summed E-state index contributed by atoms with van der Waals surface area (Å²) in [6.07, 6.45) is -0.244. The van der Waals surface area contributed by atoms with Crippen molar-refractivity contribution in [3.63, 3.8) is 0 Å². The number of urea groups is 1. The van der Waals surface area contributed by atoms with Crippen LogP contribution in [0.2, 0.25) is 0 Å². The van der Waals surface area contributed by atoms with E-state index in [1.165, 1.54) is 18.7 Å². The number of carbonyl (C=O) groups excluding carboxylic acids is 6. The molecule has 1 aliphatic rings. The smallest absolute Gasteiger partial charge is 0.328 e. The number of hydrogen-bond acceptors (Lipinski definition) is 9. The first-order valence-electron chi connectivity index (χ1n) is 14.1. The average molecular weight is 614 g/mol. The van der Waals surface area contributed by atoms with E-state index in [0.717, 1.165) is 7.11 Å². The maximum Gasteiger partial charge on any atom is 0.328 e. The molecule has 5 atom stereocenters. The van der Waals surface area contributed by atoms with Gasteiger partial charge in [-0.25, -0.2) is 9.59 Å². The number of carboxylic acids is 2. The molecule has 1 saturated heterocycles. The summed E-state index contributed by atoms with van der Waals surface area (Å²) in [5.74, 6) is -6.10. The molecule has 0 aromatic rings. The SMILES string of the molecule is COC(=O)[C@H](CCC(=O)O)NC(=O)[C@H](C)NC(=O)[C@H](CCC(=O)O)NC(=O)[C@H](CC(C)C)NC(=O)N1CCC[C@H]1C(C)=O. The Morgan fingerprint density at radius 2 is 1.33 bits per heavy atom. The first-order valence-corrected chi connectivity index (χ1v) is 14.1. The number of Topliss-reactive ketones (excluding diaryl/α,β-unsaturated/α-hetero) is 1. The molecule has 16 heteroatoms. The fourth-order valence-corrected chi connectivity index (χ4v) is 4.51. The van der Waals surface area contributed by atoms with Gasteiger partial charge >= 0.3 is 23.9 Å². The second-order valence-electron chi connectivity index (χ2n) is 10.8. The summed E-state index contributed by atoms with van der Waals surface area (Å²) in [7, 11) is 1.06. The summed E-state index contributed by atoms with van der Waals surface area (Å²) in [5.41, 5.74) is 0. The Balaban J connectivity index is 3.02. The van der Waals surface area contributed by atoms with E-state index in [9.17, 15) is 38.4 Å². The van der Waals surface area contributed by atoms with E-state index in [0.29, 0.717) is 19.4 Å². The molecule has 0 bridgehead atoms. The maximum absolute atomic E-state index is 13.3.